The Hall–Kier alpha value is -0.300. The molecule has 5 nitrogen and oxygen atoms in total. The van der Waals surface area contributed by atoms with Crippen molar-refractivity contribution in [3.05, 3.63) is 0 Å². The van der Waals surface area contributed by atoms with Gasteiger partial charge in [0.15, 0.2) is 6.10 Å². The molecule has 5 atom stereocenters. The van der Waals surface area contributed by atoms with Crippen LogP contribution in [0.25, 0.3) is 0 Å². The molecule has 1 amide bonds. The Labute approximate surface area is 213 Å². The van der Waals surface area contributed by atoms with E-state index in [4.69, 9.17) is 14.2 Å². The molecule has 3 rings (SSSR count). The molecule has 0 aromatic carbocycles. The zero-order chi connectivity index (χ0) is 24.4. The van der Waals surface area contributed by atoms with Crippen LogP contribution in [0.3, 0.4) is 0 Å². The van der Waals surface area contributed by atoms with E-state index in [9.17, 15) is 4.79 Å². The van der Waals surface area contributed by atoms with E-state index in [1.165, 1.54) is 83.5 Å². The minimum absolute atomic E-state index is 0.0444. The summed E-state index contributed by atoms with van der Waals surface area (Å²) in [5.41, 5.74) is -0.547. The first-order valence-corrected chi connectivity index (χ1v) is 15.7. The summed E-state index contributed by atoms with van der Waals surface area (Å²) < 4.78 is 17.7. The zero-order valence-corrected chi connectivity index (χ0v) is 23.2. The van der Waals surface area contributed by atoms with Crippen LogP contribution in [0.4, 0.5) is 0 Å². The highest BCUT2D eigenvalue weighted by Gasteiger charge is 2.62. The van der Waals surface area contributed by atoms with Gasteiger partial charge in [-0.15, -0.1) is 0 Å². The summed E-state index contributed by atoms with van der Waals surface area (Å²) in [7, 11) is 0. The predicted octanol–water partition coefficient (Wildman–Crippen LogP) is 6.72. The van der Waals surface area contributed by atoms with Crippen molar-refractivity contribution < 1.29 is 19.0 Å². The van der Waals surface area contributed by atoms with Gasteiger partial charge in [-0.05, 0) is 38.7 Å². The van der Waals surface area contributed by atoms with Crippen LogP contribution in [0.15, 0.2) is 0 Å². The molecule has 0 saturated carbocycles. The van der Waals surface area contributed by atoms with Gasteiger partial charge in [-0.2, -0.15) is 11.8 Å². The number of nitrogens with zero attached hydrogens (tertiary/aromatic N) is 1. The molecule has 3 fully saturated rings. The highest BCUT2D eigenvalue weighted by Crippen LogP contribution is 2.43. The summed E-state index contributed by atoms with van der Waals surface area (Å²) in [6, 6.07) is 0.154. The van der Waals surface area contributed by atoms with Crippen LogP contribution in [0, 0.1) is 0 Å². The van der Waals surface area contributed by atoms with Gasteiger partial charge in [-0.25, -0.2) is 0 Å². The number of ether oxygens (including phenoxy) is 3. The molecular formula is C28H51NO4S. The SMILES string of the molecule is CCCCCCCCCCCCCCC[C@H]1O[C@@H]1[C@@H]1O[C@H]1C(=O)N1[C@H](CCSC)COC1(C)C. The molecule has 0 N–H and O–H groups in total. The molecule has 3 heterocycles. The summed E-state index contributed by atoms with van der Waals surface area (Å²) in [4.78, 5) is 15.1. The normalized spacial score (nSPS) is 29.5. The highest BCUT2D eigenvalue weighted by atomic mass is 32.2. The van der Waals surface area contributed by atoms with E-state index >= 15 is 0 Å². The molecule has 0 bridgehead atoms. The second-order valence-electron chi connectivity index (χ2n) is 11.1. The Morgan fingerprint density at radius 2 is 1.44 bits per heavy atom. The fourth-order valence-electron chi connectivity index (χ4n) is 5.55. The molecule has 0 unspecified atom stereocenters. The molecule has 3 saturated heterocycles. The Balaban J connectivity index is 1.20. The number of carbonyl (C=O) groups is 1. The number of hydrogen-bond acceptors (Lipinski definition) is 5. The maximum atomic E-state index is 13.2. The van der Waals surface area contributed by atoms with Gasteiger partial charge in [0.1, 0.15) is 17.9 Å². The lowest BCUT2D eigenvalue weighted by Crippen LogP contribution is -2.50. The van der Waals surface area contributed by atoms with Gasteiger partial charge in [-0.3, -0.25) is 4.79 Å². The van der Waals surface area contributed by atoms with Gasteiger partial charge in [0.05, 0.1) is 18.8 Å². The average molecular weight is 498 g/mol. The third kappa shape index (κ3) is 8.67. The molecule has 3 aliphatic rings. The largest absolute Gasteiger partial charge is 0.367 e. The number of rotatable bonds is 19. The number of amides is 1. The summed E-state index contributed by atoms with van der Waals surface area (Å²) in [5, 5.41) is 0. The Morgan fingerprint density at radius 3 is 2.03 bits per heavy atom. The van der Waals surface area contributed by atoms with Gasteiger partial charge < -0.3 is 19.1 Å². The van der Waals surface area contributed by atoms with Crippen molar-refractivity contribution in [1.82, 2.24) is 4.90 Å². The number of hydrogen-bond donors (Lipinski definition) is 0. The average Bonchev–Trinajstić information content (AvgIpc) is 3.72. The smallest absolute Gasteiger partial charge is 0.257 e. The third-order valence-corrected chi connectivity index (χ3v) is 8.42. The second kappa shape index (κ2) is 14.4. The van der Waals surface area contributed by atoms with Crippen LogP contribution >= 0.6 is 11.8 Å². The number of epoxide rings is 2. The van der Waals surface area contributed by atoms with Crippen molar-refractivity contribution in [1.29, 1.82) is 0 Å². The lowest BCUT2D eigenvalue weighted by molar-refractivity contribution is -0.147. The van der Waals surface area contributed by atoms with E-state index in [2.05, 4.69) is 13.2 Å². The van der Waals surface area contributed by atoms with Crippen molar-refractivity contribution in [2.24, 2.45) is 0 Å². The summed E-state index contributed by atoms with van der Waals surface area (Å²) in [6.07, 6.45) is 22.2. The van der Waals surface area contributed by atoms with E-state index in [-0.39, 0.29) is 30.3 Å². The van der Waals surface area contributed by atoms with Crippen LogP contribution in [-0.4, -0.2) is 65.6 Å². The Kier molecular flexibility index (Phi) is 12.0. The van der Waals surface area contributed by atoms with Crippen molar-refractivity contribution in [3.8, 4) is 0 Å². The molecule has 0 radical (unpaired) electrons. The maximum Gasteiger partial charge on any atom is 0.257 e. The molecule has 3 aliphatic heterocycles. The molecule has 198 valence electrons. The first-order chi connectivity index (χ1) is 16.5. The Morgan fingerprint density at radius 1 is 0.853 bits per heavy atom. The van der Waals surface area contributed by atoms with Gasteiger partial charge in [-0.1, -0.05) is 90.4 Å². The van der Waals surface area contributed by atoms with Crippen molar-refractivity contribution in [3.63, 3.8) is 0 Å². The van der Waals surface area contributed by atoms with Gasteiger partial charge in [0, 0.05) is 0 Å². The lowest BCUT2D eigenvalue weighted by atomic mass is 10.0. The van der Waals surface area contributed by atoms with Gasteiger partial charge in [0.2, 0.25) is 0 Å². The molecule has 0 aromatic rings. The summed E-state index contributed by atoms with van der Waals surface area (Å²) in [6.45, 7) is 6.89. The second-order valence-corrected chi connectivity index (χ2v) is 12.1. The quantitative estimate of drug-likeness (QED) is 0.146. The minimum Gasteiger partial charge on any atom is -0.367 e. The van der Waals surface area contributed by atoms with E-state index in [0.717, 1.165) is 18.6 Å². The van der Waals surface area contributed by atoms with Crippen molar-refractivity contribution in [2.45, 2.75) is 153 Å². The number of unbranched alkanes of at least 4 members (excludes halogenated alkanes) is 12. The van der Waals surface area contributed by atoms with Crippen LogP contribution < -0.4 is 0 Å². The minimum atomic E-state index is -0.547. The number of carbonyl (C=O) groups excluding carboxylic acids is 1. The Bertz CT molecular complexity index is 601. The van der Waals surface area contributed by atoms with E-state index < -0.39 is 5.72 Å². The monoisotopic (exact) mass is 497 g/mol. The van der Waals surface area contributed by atoms with Crippen molar-refractivity contribution >= 4 is 17.7 Å². The third-order valence-electron chi connectivity index (χ3n) is 7.77. The summed E-state index contributed by atoms with van der Waals surface area (Å²) in [5.74, 6) is 1.13. The fourth-order valence-corrected chi connectivity index (χ4v) is 6.05. The van der Waals surface area contributed by atoms with Crippen LogP contribution in [0.1, 0.15) is 117 Å². The molecule has 6 heteroatoms. The fraction of sp³-hybridized carbons (Fsp3) is 0.964. The molecular weight excluding hydrogens is 446 g/mol. The maximum absolute atomic E-state index is 13.2. The highest BCUT2D eigenvalue weighted by molar-refractivity contribution is 7.98. The topological polar surface area (TPSA) is 54.6 Å². The first-order valence-electron chi connectivity index (χ1n) is 14.3. The van der Waals surface area contributed by atoms with Crippen LogP contribution in [0.2, 0.25) is 0 Å². The predicted molar refractivity (Wildman–Crippen MR) is 141 cm³/mol. The van der Waals surface area contributed by atoms with Crippen molar-refractivity contribution in [2.75, 3.05) is 18.6 Å². The van der Waals surface area contributed by atoms with Gasteiger partial charge in [0.25, 0.3) is 5.91 Å². The first kappa shape index (κ1) is 28.3. The van der Waals surface area contributed by atoms with Gasteiger partial charge >= 0.3 is 0 Å². The number of thioether (sulfide) groups is 1. The van der Waals surface area contributed by atoms with E-state index in [1.54, 1.807) is 0 Å². The van der Waals surface area contributed by atoms with Crippen LogP contribution in [-0.2, 0) is 19.0 Å². The lowest BCUT2D eigenvalue weighted by Gasteiger charge is -2.33. The summed E-state index contributed by atoms with van der Waals surface area (Å²) >= 11 is 1.82. The molecule has 0 spiro atoms. The van der Waals surface area contributed by atoms with E-state index in [1.807, 2.05) is 30.5 Å². The standard InChI is InChI=1S/C28H51NO4S/c1-5-6-7-8-9-10-11-12-13-14-15-16-17-18-23-24(32-23)25-26(33-25)27(30)29-22(19-20-34-4)21-31-28(29,2)3/h22-26H,5-21H2,1-4H3/t22-,23-,24+,25+,26-/m1/s1. The molecule has 0 aromatic heterocycles. The molecule has 0 aliphatic carbocycles. The zero-order valence-electron chi connectivity index (χ0n) is 22.4. The van der Waals surface area contributed by atoms with Crippen LogP contribution in [0.5, 0.6) is 0 Å². The molecule has 34 heavy (non-hydrogen) atoms. The van der Waals surface area contributed by atoms with E-state index in [0.29, 0.717) is 12.7 Å².